The number of piperazine rings is 1. The normalized spacial score (nSPS) is 27.5. The number of nitrogens with zero attached hydrogens (tertiary/aromatic N) is 8. The summed E-state index contributed by atoms with van der Waals surface area (Å²) in [4.78, 5) is 37.7. The number of carbonyl (C=O) groups excluding carboxylic acids is 1. The highest BCUT2D eigenvalue weighted by Crippen LogP contribution is 2.57. The van der Waals surface area contributed by atoms with Crippen LogP contribution >= 0.6 is 0 Å². The van der Waals surface area contributed by atoms with Gasteiger partial charge in [-0.25, -0.2) is 0 Å². The summed E-state index contributed by atoms with van der Waals surface area (Å²) in [6.45, 7) is 19.0. The Morgan fingerprint density at radius 1 is 0.800 bits per heavy atom. The van der Waals surface area contributed by atoms with Crippen LogP contribution in [0.1, 0.15) is 103 Å². The maximum absolute atomic E-state index is 14.8. The van der Waals surface area contributed by atoms with Crippen LogP contribution < -0.4 is 14.7 Å². The van der Waals surface area contributed by atoms with Crippen molar-refractivity contribution in [3.05, 3.63) is 47.7 Å². The van der Waals surface area contributed by atoms with Crippen LogP contribution in [0.15, 0.2) is 36.4 Å². The first-order chi connectivity index (χ1) is 24.1. The van der Waals surface area contributed by atoms with E-state index >= 15 is 0 Å². The molecule has 2 atom stereocenters. The fourth-order valence-electron chi connectivity index (χ4n) is 11.1. The van der Waals surface area contributed by atoms with Crippen molar-refractivity contribution in [1.29, 1.82) is 0 Å². The molecule has 8 heterocycles. The topological polar surface area (TPSA) is 64.0 Å². The van der Waals surface area contributed by atoms with Crippen LogP contribution in [0.4, 0.5) is 17.6 Å². The lowest BCUT2D eigenvalue weighted by molar-refractivity contribution is -0.125. The molecule has 9 heteroatoms. The van der Waals surface area contributed by atoms with Crippen molar-refractivity contribution < 1.29 is 4.79 Å². The van der Waals surface area contributed by atoms with E-state index in [1.165, 1.54) is 47.8 Å². The number of piperidine rings is 2. The highest BCUT2D eigenvalue weighted by atomic mass is 16.2. The Morgan fingerprint density at radius 3 is 2.18 bits per heavy atom. The van der Waals surface area contributed by atoms with E-state index in [1.54, 1.807) is 0 Å². The average Bonchev–Trinajstić information content (AvgIpc) is 3.77. The molecule has 0 saturated carbocycles. The Morgan fingerprint density at radius 2 is 1.48 bits per heavy atom. The molecule has 0 spiro atoms. The molecular weight excluding hydrogens is 621 g/mol. The molecule has 6 aliphatic heterocycles. The van der Waals surface area contributed by atoms with E-state index in [0.29, 0.717) is 19.1 Å². The number of fused-ring (bicyclic) bond motifs is 3. The van der Waals surface area contributed by atoms with Gasteiger partial charge in [-0.2, -0.15) is 9.97 Å². The first kappa shape index (κ1) is 32.3. The van der Waals surface area contributed by atoms with Crippen LogP contribution in [0.3, 0.4) is 0 Å². The standard InChI is InChI=1S/C41H56N8O/c1-6-41-18-12-21-46-22-15-30-29-13-7-8-14-31(29)48(35(30)36(41)46)32(28-41)37(50)47-25-23-45(24-26-47)34-27-33(44-19-9-10-20-44)42-38(43-34)49-39(2,3)16-11-17-40(49,4)5/h7-8,13-14,27-28,36H,6,9-12,15-26H2,1-5H3/t36-,41+/m1/s1. The van der Waals surface area contributed by atoms with E-state index in [0.717, 1.165) is 94.7 Å². The maximum Gasteiger partial charge on any atom is 0.270 e. The summed E-state index contributed by atoms with van der Waals surface area (Å²) in [5, 5.41) is 1.33. The van der Waals surface area contributed by atoms with Gasteiger partial charge in [0.2, 0.25) is 5.95 Å². The first-order valence-electron chi connectivity index (χ1n) is 19.7. The largest absolute Gasteiger partial charge is 0.356 e. The molecular formula is C41H56N8O. The van der Waals surface area contributed by atoms with Gasteiger partial charge in [0.15, 0.2) is 0 Å². The SMILES string of the molecule is CC[C@@]12C=C(C(=O)N3CCN(c4cc(N5CCCC5)nc(N5C(C)(C)CCCC5(C)C)n4)CC3)n3c4c(c5ccccc53)CCN(CCC1)[C@H]42. The summed E-state index contributed by atoms with van der Waals surface area (Å²) in [6.07, 6.45) is 12.8. The molecule has 4 saturated heterocycles. The van der Waals surface area contributed by atoms with E-state index in [1.807, 2.05) is 0 Å². The summed E-state index contributed by atoms with van der Waals surface area (Å²) in [5.74, 6) is 3.09. The predicted octanol–water partition coefficient (Wildman–Crippen LogP) is 6.87. The second-order valence-corrected chi connectivity index (χ2v) is 17.3. The number of aromatic nitrogens is 3. The van der Waals surface area contributed by atoms with Crippen molar-refractivity contribution in [2.24, 2.45) is 5.41 Å². The van der Waals surface area contributed by atoms with Gasteiger partial charge in [-0.15, -0.1) is 0 Å². The molecule has 0 aliphatic carbocycles. The summed E-state index contributed by atoms with van der Waals surface area (Å²) >= 11 is 0. The van der Waals surface area contributed by atoms with Crippen LogP contribution in [0, 0.1) is 5.41 Å². The summed E-state index contributed by atoms with van der Waals surface area (Å²) in [7, 11) is 0. The van der Waals surface area contributed by atoms with Crippen molar-refractivity contribution in [2.75, 3.05) is 67.1 Å². The molecule has 266 valence electrons. The Bertz CT molecular complexity index is 1830. The van der Waals surface area contributed by atoms with Gasteiger partial charge in [-0.3, -0.25) is 9.69 Å². The van der Waals surface area contributed by atoms with Crippen molar-refractivity contribution in [3.8, 4) is 0 Å². The number of hydrogen-bond donors (Lipinski definition) is 0. The smallest absolute Gasteiger partial charge is 0.270 e. The van der Waals surface area contributed by atoms with Crippen molar-refractivity contribution in [1.82, 2.24) is 24.3 Å². The van der Waals surface area contributed by atoms with E-state index in [4.69, 9.17) is 9.97 Å². The molecule has 4 fully saturated rings. The van der Waals surface area contributed by atoms with Crippen LogP contribution in [0.5, 0.6) is 0 Å². The summed E-state index contributed by atoms with van der Waals surface area (Å²) in [5.41, 5.74) is 4.91. The number of rotatable bonds is 5. The number of anilines is 3. The van der Waals surface area contributed by atoms with E-state index in [9.17, 15) is 4.79 Å². The second kappa shape index (κ2) is 11.7. The highest BCUT2D eigenvalue weighted by molar-refractivity contribution is 6.16. The minimum atomic E-state index is -0.0203. The monoisotopic (exact) mass is 676 g/mol. The van der Waals surface area contributed by atoms with Crippen molar-refractivity contribution >= 4 is 40.1 Å². The molecule has 0 unspecified atom stereocenters. The van der Waals surface area contributed by atoms with Gasteiger partial charge < -0.3 is 24.2 Å². The van der Waals surface area contributed by atoms with E-state index in [2.05, 4.69) is 100 Å². The minimum absolute atomic E-state index is 0.00392. The van der Waals surface area contributed by atoms with Gasteiger partial charge in [0, 0.05) is 79.5 Å². The predicted molar refractivity (Wildman–Crippen MR) is 203 cm³/mol. The number of hydrogen-bond acceptors (Lipinski definition) is 7. The third-order valence-corrected chi connectivity index (χ3v) is 13.5. The third-order valence-electron chi connectivity index (χ3n) is 13.5. The van der Waals surface area contributed by atoms with E-state index < -0.39 is 0 Å². The van der Waals surface area contributed by atoms with E-state index in [-0.39, 0.29) is 22.4 Å². The summed E-state index contributed by atoms with van der Waals surface area (Å²) in [6, 6.07) is 11.4. The lowest BCUT2D eigenvalue weighted by atomic mass is 9.66. The maximum atomic E-state index is 14.8. The van der Waals surface area contributed by atoms with Crippen molar-refractivity contribution in [2.45, 2.75) is 110 Å². The zero-order valence-electron chi connectivity index (χ0n) is 31.0. The molecule has 0 bridgehead atoms. The first-order valence-corrected chi connectivity index (χ1v) is 19.7. The number of para-hydroxylation sites is 1. The average molecular weight is 677 g/mol. The number of benzene rings is 1. The van der Waals surface area contributed by atoms with Gasteiger partial charge in [0.05, 0.1) is 11.6 Å². The molecule has 2 aromatic heterocycles. The fraction of sp³-hybridized carbons (Fsp3) is 0.634. The van der Waals surface area contributed by atoms with Gasteiger partial charge in [-0.05, 0) is 110 Å². The Labute approximate surface area is 298 Å². The highest BCUT2D eigenvalue weighted by Gasteiger charge is 2.51. The van der Waals surface area contributed by atoms with Gasteiger partial charge in [-0.1, -0.05) is 25.1 Å². The Kier molecular flexibility index (Phi) is 7.58. The van der Waals surface area contributed by atoms with Crippen LogP contribution in [-0.2, 0) is 11.2 Å². The molecule has 6 aliphatic rings. The number of carbonyl (C=O) groups is 1. The zero-order chi connectivity index (χ0) is 34.4. The van der Waals surface area contributed by atoms with Crippen LogP contribution in [0.2, 0.25) is 0 Å². The Hall–Kier alpha value is -3.59. The van der Waals surface area contributed by atoms with Crippen molar-refractivity contribution in [3.63, 3.8) is 0 Å². The molecule has 1 aromatic carbocycles. The van der Waals surface area contributed by atoms with Gasteiger partial charge in [0.1, 0.15) is 17.3 Å². The quantitative estimate of drug-likeness (QED) is 0.292. The minimum Gasteiger partial charge on any atom is -0.356 e. The molecule has 9 rings (SSSR count). The zero-order valence-corrected chi connectivity index (χ0v) is 31.0. The Balaban J connectivity index is 1.03. The lowest BCUT2D eigenvalue weighted by Gasteiger charge is -2.53. The lowest BCUT2D eigenvalue weighted by Crippen LogP contribution is -2.59. The van der Waals surface area contributed by atoms with Gasteiger partial charge >= 0.3 is 0 Å². The fourth-order valence-corrected chi connectivity index (χ4v) is 11.1. The molecule has 3 aromatic rings. The molecule has 1 amide bonds. The van der Waals surface area contributed by atoms with Crippen LogP contribution in [0.25, 0.3) is 16.6 Å². The molecule has 0 N–H and O–H groups in total. The number of amides is 1. The molecule has 0 radical (unpaired) electrons. The molecule has 9 nitrogen and oxygen atoms in total. The van der Waals surface area contributed by atoms with Crippen LogP contribution in [-0.4, -0.2) is 93.7 Å². The second-order valence-electron chi connectivity index (χ2n) is 17.3. The molecule has 50 heavy (non-hydrogen) atoms. The van der Waals surface area contributed by atoms with Gasteiger partial charge in [0.25, 0.3) is 5.91 Å². The summed E-state index contributed by atoms with van der Waals surface area (Å²) < 4.78 is 2.39. The third kappa shape index (κ3) is 4.92.